The summed E-state index contributed by atoms with van der Waals surface area (Å²) in [5, 5.41) is 8.63. The van der Waals surface area contributed by atoms with E-state index in [2.05, 4.69) is 215 Å². The van der Waals surface area contributed by atoms with Gasteiger partial charge in [0.2, 0.25) is 0 Å². The highest BCUT2D eigenvalue weighted by Gasteiger charge is 2.46. The summed E-state index contributed by atoms with van der Waals surface area (Å²) in [7, 11) is 0. The van der Waals surface area contributed by atoms with Crippen LogP contribution in [-0.4, -0.2) is 6.71 Å². The molecule has 6 heteroatoms. The summed E-state index contributed by atoms with van der Waals surface area (Å²) >= 11 is 5.64. The number of thiophene rings is 3. The molecule has 2 nitrogen and oxygen atoms in total. The predicted molar refractivity (Wildman–Crippen MR) is 284 cm³/mol. The Hall–Kier alpha value is -5.92. The average Bonchev–Trinajstić information content (AvgIpc) is 4.02. The number of hydrogen-bond donors (Lipinski definition) is 0. The molecule has 0 radical (unpaired) electrons. The van der Waals surface area contributed by atoms with Crippen LogP contribution < -0.4 is 25.5 Å². The van der Waals surface area contributed by atoms with Gasteiger partial charge in [0.25, 0.3) is 6.71 Å². The van der Waals surface area contributed by atoms with E-state index >= 15 is 0 Å². The Labute approximate surface area is 389 Å². The minimum atomic E-state index is 0.00992. The maximum atomic E-state index is 2.66. The maximum absolute atomic E-state index is 2.66. The SMILES string of the molecule is Cc1cc(C(C)(C)C)cc(C)c1N1c2cccc3c2B(c2cc(-c4csc5ccccc45)ccc2N3c2ccc(-c3csc4ccccc34)cc2)c2sc3ccc(C(C)(C)C)cc3c21. The first kappa shape index (κ1) is 39.7. The molecule has 0 atom stereocenters. The molecular weight excluding hydrogens is 832 g/mol. The number of anilines is 6. The Morgan fingerprint density at radius 2 is 1.06 bits per heavy atom. The third-order valence-corrected chi connectivity index (χ3v) is 16.9. The van der Waals surface area contributed by atoms with Crippen molar-refractivity contribution in [2.24, 2.45) is 0 Å². The van der Waals surface area contributed by atoms with Crippen molar-refractivity contribution in [3.8, 4) is 22.3 Å². The van der Waals surface area contributed by atoms with Crippen LogP contribution in [0.5, 0.6) is 0 Å². The lowest BCUT2D eigenvalue weighted by molar-refractivity contribution is 0.589. The second-order valence-electron chi connectivity index (χ2n) is 19.9. The molecule has 7 aromatic carbocycles. The van der Waals surface area contributed by atoms with E-state index in [0.717, 1.165) is 5.69 Å². The summed E-state index contributed by atoms with van der Waals surface area (Å²) in [5.74, 6) is 0. The molecule has 10 aromatic rings. The molecule has 3 aromatic heterocycles. The molecule has 0 aliphatic carbocycles. The molecule has 5 heterocycles. The van der Waals surface area contributed by atoms with Crippen molar-refractivity contribution in [3.05, 3.63) is 173 Å². The van der Waals surface area contributed by atoms with Gasteiger partial charge in [-0.2, -0.15) is 0 Å². The summed E-state index contributed by atoms with van der Waals surface area (Å²) in [6, 6.07) is 53.4. The van der Waals surface area contributed by atoms with Crippen LogP contribution in [-0.2, 0) is 10.8 Å². The summed E-state index contributed by atoms with van der Waals surface area (Å²) in [6.07, 6.45) is 0. The monoisotopic (exact) mass is 880 g/mol. The molecule has 12 rings (SSSR count). The molecule has 0 saturated heterocycles. The van der Waals surface area contributed by atoms with Gasteiger partial charge in [-0.3, -0.25) is 0 Å². The molecule has 2 aliphatic rings. The van der Waals surface area contributed by atoms with E-state index in [1.165, 1.54) is 119 Å². The molecule has 0 fully saturated rings. The summed E-state index contributed by atoms with van der Waals surface area (Å²) in [5.41, 5.74) is 20.7. The first-order valence-corrected chi connectivity index (χ1v) is 25.0. The second-order valence-corrected chi connectivity index (χ2v) is 22.8. The normalized spacial score (nSPS) is 13.5. The number of benzene rings is 7. The smallest absolute Gasteiger partial charge is 0.264 e. The Morgan fingerprint density at radius 3 is 1.70 bits per heavy atom. The second kappa shape index (κ2) is 14.3. The van der Waals surface area contributed by atoms with Gasteiger partial charge >= 0.3 is 0 Å². The lowest BCUT2D eigenvalue weighted by atomic mass is 9.36. The van der Waals surface area contributed by atoms with Crippen LogP contribution in [0, 0.1) is 13.8 Å². The molecule has 0 amide bonds. The quantitative estimate of drug-likeness (QED) is 0.163. The minimum absolute atomic E-state index is 0.00992. The van der Waals surface area contributed by atoms with Gasteiger partial charge in [-0.25, -0.2) is 0 Å². The molecule has 0 unspecified atom stereocenters. The fourth-order valence-electron chi connectivity index (χ4n) is 10.5. The topological polar surface area (TPSA) is 6.48 Å². The average molecular weight is 881 g/mol. The van der Waals surface area contributed by atoms with Crippen LogP contribution >= 0.6 is 34.0 Å². The van der Waals surface area contributed by atoms with E-state index in [4.69, 9.17) is 0 Å². The highest BCUT2D eigenvalue weighted by Crippen LogP contribution is 2.51. The van der Waals surface area contributed by atoms with Crippen molar-refractivity contribution in [1.82, 2.24) is 0 Å². The summed E-state index contributed by atoms with van der Waals surface area (Å²) in [6.45, 7) is 18.7. The Balaban J connectivity index is 1.14. The third-order valence-electron chi connectivity index (χ3n) is 13.7. The third kappa shape index (κ3) is 6.02. The van der Waals surface area contributed by atoms with Gasteiger partial charge in [-0.15, -0.1) is 34.0 Å². The molecule has 0 bridgehead atoms. The predicted octanol–water partition coefficient (Wildman–Crippen LogP) is 16.0. The van der Waals surface area contributed by atoms with Gasteiger partial charge in [0, 0.05) is 68.9 Å². The van der Waals surface area contributed by atoms with Gasteiger partial charge in [-0.05, 0) is 134 Å². The van der Waals surface area contributed by atoms with Crippen molar-refractivity contribution in [1.29, 1.82) is 0 Å². The van der Waals surface area contributed by atoms with E-state index in [0.29, 0.717) is 0 Å². The van der Waals surface area contributed by atoms with Crippen LogP contribution in [0.1, 0.15) is 63.8 Å². The zero-order valence-corrected chi connectivity index (χ0v) is 40.1. The van der Waals surface area contributed by atoms with Crippen LogP contribution in [0.25, 0.3) is 52.5 Å². The minimum Gasteiger partial charge on any atom is -0.311 e. The largest absolute Gasteiger partial charge is 0.311 e. The molecule has 2 aliphatic heterocycles. The van der Waals surface area contributed by atoms with Crippen LogP contribution in [0.2, 0.25) is 0 Å². The molecule has 64 heavy (non-hydrogen) atoms. The van der Waals surface area contributed by atoms with Gasteiger partial charge in [0.15, 0.2) is 0 Å². The molecular formula is C58H49BN2S3. The maximum Gasteiger partial charge on any atom is 0.264 e. The fourth-order valence-corrected chi connectivity index (χ4v) is 13.7. The molecule has 312 valence electrons. The van der Waals surface area contributed by atoms with Crippen molar-refractivity contribution in [2.45, 2.75) is 66.2 Å². The number of aryl methyl sites for hydroxylation is 2. The Kier molecular flexibility index (Phi) is 8.86. The molecule has 0 saturated carbocycles. The zero-order chi connectivity index (χ0) is 43.8. The van der Waals surface area contributed by atoms with Crippen molar-refractivity contribution < 1.29 is 0 Å². The van der Waals surface area contributed by atoms with Crippen molar-refractivity contribution >= 4 is 121 Å². The Bertz CT molecular complexity index is 3490. The van der Waals surface area contributed by atoms with Crippen LogP contribution in [0.3, 0.4) is 0 Å². The van der Waals surface area contributed by atoms with E-state index in [1.54, 1.807) is 0 Å². The molecule has 0 N–H and O–H groups in total. The number of rotatable bonds is 4. The van der Waals surface area contributed by atoms with Crippen LogP contribution in [0.4, 0.5) is 34.1 Å². The highest BCUT2D eigenvalue weighted by atomic mass is 32.1. The molecule has 0 spiro atoms. The van der Waals surface area contributed by atoms with E-state index in [1.807, 2.05) is 34.0 Å². The summed E-state index contributed by atoms with van der Waals surface area (Å²) in [4.78, 5) is 5.21. The standard InChI is InChI=1S/C58H49BN2S3/c1-34-28-39(58(6,7)8)29-35(2)54(34)61-49-17-13-16-48-53(49)59(56-55(61)43-31-38(57(3,4)5)23-27-52(43)64-56)46-30-37(45-33-63-51-19-12-10-15-42(45)51)22-26-47(46)60(48)40-24-20-36(21-25-40)44-32-62-50-18-11-9-14-41(44)50/h9-33H,1-8H3. The Morgan fingerprint density at radius 1 is 0.469 bits per heavy atom. The van der Waals surface area contributed by atoms with E-state index in [-0.39, 0.29) is 17.5 Å². The van der Waals surface area contributed by atoms with Gasteiger partial charge in [0.05, 0.1) is 11.4 Å². The lowest BCUT2D eigenvalue weighted by Gasteiger charge is -2.44. The van der Waals surface area contributed by atoms with E-state index < -0.39 is 0 Å². The number of fused-ring (bicyclic) bond motifs is 8. The first-order chi connectivity index (χ1) is 30.8. The first-order valence-electron chi connectivity index (χ1n) is 22.4. The lowest BCUT2D eigenvalue weighted by Crippen LogP contribution is -2.60. The fraction of sp³-hybridized carbons (Fsp3) is 0.172. The van der Waals surface area contributed by atoms with Crippen molar-refractivity contribution in [2.75, 3.05) is 9.80 Å². The number of hydrogen-bond acceptors (Lipinski definition) is 5. The summed E-state index contributed by atoms with van der Waals surface area (Å²) < 4.78 is 5.38. The number of nitrogens with zero attached hydrogens (tertiary/aromatic N) is 2. The van der Waals surface area contributed by atoms with E-state index in [9.17, 15) is 0 Å². The highest BCUT2D eigenvalue weighted by molar-refractivity contribution is 7.33. The van der Waals surface area contributed by atoms with Crippen LogP contribution in [0.15, 0.2) is 150 Å². The van der Waals surface area contributed by atoms with Crippen molar-refractivity contribution in [3.63, 3.8) is 0 Å². The van der Waals surface area contributed by atoms with Gasteiger partial charge in [-0.1, -0.05) is 126 Å². The zero-order valence-electron chi connectivity index (χ0n) is 37.6. The van der Waals surface area contributed by atoms with Gasteiger partial charge < -0.3 is 9.80 Å². The van der Waals surface area contributed by atoms with Gasteiger partial charge in [0.1, 0.15) is 0 Å².